The van der Waals surface area contributed by atoms with Gasteiger partial charge in [0.15, 0.2) is 11.7 Å². The molecular weight excluding hydrogens is 807 g/mol. The Labute approximate surface area is 370 Å². The fourth-order valence-electron chi connectivity index (χ4n) is 10.0. The second-order valence-corrected chi connectivity index (χ2v) is 18.0. The molecule has 1 aromatic heterocycles. The highest BCUT2D eigenvalue weighted by Gasteiger charge is 2.37. The Kier molecular flexibility index (Phi) is 15.8. The maximum absolute atomic E-state index is 14.4. The lowest BCUT2D eigenvalue weighted by Gasteiger charge is -2.41. The number of urea groups is 1. The number of hydrogen-bond acceptors (Lipinski definition) is 11. The molecule has 344 valence electrons. The summed E-state index contributed by atoms with van der Waals surface area (Å²) in [6, 6.07) is 11.4. The van der Waals surface area contributed by atoms with Gasteiger partial charge >= 0.3 is 23.8 Å². The van der Waals surface area contributed by atoms with Gasteiger partial charge in [0.2, 0.25) is 0 Å². The number of hydrogen-bond donors (Lipinski definition) is 1. The van der Waals surface area contributed by atoms with Crippen molar-refractivity contribution in [1.82, 2.24) is 29.1 Å². The van der Waals surface area contributed by atoms with Gasteiger partial charge in [0, 0.05) is 84.7 Å². The minimum absolute atomic E-state index is 0.0205. The summed E-state index contributed by atoms with van der Waals surface area (Å²) in [5.41, 5.74) is 4.63. The molecule has 2 aromatic carbocycles. The highest BCUT2D eigenvalue weighted by Crippen LogP contribution is 2.33. The molecule has 16 nitrogen and oxygen atoms in total. The first kappa shape index (κ1) is 46.1. The van der Waals surface area contributed by atoms with Crippen molar-refractivity contribution in [2.24, 2.45) is 18.9 Å². The van der Waals surface area contributed by atoms with Crippen LogP contribution in [0.15, 0.2) is 45.6 Å². The molecule has 3 fully saturated rings. The number of rotatable bonds is 16. The Morgan fingerprint density at radius 3 is 2.32 bits per heavy atom. The number of methoxy groups -OCH3 is 1. The van der Waals surface area contributed by atoms with E-state index in [1.807, 2.05) is 54.1 Å². The van der Waals surface area contributed by atoms with Crippen LogP contribution in [0.4, 0.5) is 15.3 Å². The standard InChI is InChI=1S/C47H67N7O9/c1-33-30-34(31-40-43(33)50(3)46(58)62-40)32-41(63-47(59)53-24-15-38(16-25-53)54-26-14-37-8-5-6-9-39(37)48-45(54)57)44(56)52-22-12-36(13-23-52)35-10-19-51(20-11-35)21-17-42(55)61-28-7-18-49(2)27-29-60-4/h5-6,8-9,30-31,35-36,38,41H,7,10-29,32H2,1-4H3,(H,48,57)/t41-/m1/s1. The summed E-state index contributed by atoms with van der Waals surface area (Å²) in [7, 11) is 5.39. The number of esters is 1. The van der Waals surface area contributed by atoms with Crippen LogP contribution in [0.25, 0.3) is 11.1 Å². The van der Waals surface area contributed by atoms with E-state index in [-0.39, 0.29) is 30.4 Å². The number of anilines is 1. The van der Waals surface area contributed by atoms with Crippen LogP contribution in [-0.2, 0) is 43.7 Å². The molecule has 4 aliphatic rings. The topological polar surface area (TPSA) is 159 Å². The summed E-state index contributed by atoms with van der Waals surface area (Å²) < 4.78 is 23.7. The number of fused-ring (bicyclic) bond motifs is 2. The number of amides is 4. The molecule has 1 N–H and O–H groups in total. The van der Waals surface area contributed by atoms with Crippen molar-refractivity contribution >= 4 is 40.8 Å². The van der Waals surface area contributed by atoms with E-state index in [0.29, 0.717) is 94.7 Å². The largest absolute Gasteiger partial charge is 0.466 e. The van der Waals surface area contributed by atoms with Crippen LogP contribution in [0.1, 0.15) is 68.1 Å². The van der Waals surface area contributed by atoms with Gasteiger partial charge in [-0.25, -0.2) is 14.4 Å². The fraction of sp³-hybridized carbons (Fsp3) is 0.638. The third-order valence-electron chi connectivity index (χ3n) is 13.8. The Bertz CT molecular complexity index is 2100. The molecule has 63 heavy (non-hydrogen) atoms. The second kappa shape index (κ2) is 21.6. The lowest BCUT2D eigenvalue weighted by molar-refractivity contribution is -0.144. The summed E-state index contributed by atoms with van der Waals surface area (Å²) in [4.78, 5) is 76.2. The molecule has 5 heterocycles. The van der Waals surface area contributed by atoms with Gasteiger partial charge in [0.25, 0.3) is 5.91 Å². The van der Waals surface area contributed by atoms with E-state index in [9.17, 15) is 24.0 Å². The minimum Gasteiger partial charge on any atom is -0.466 e. The summed E-state index contributed by atoms with van der Waals surface area (Å²) in [6.45, 7) is 9.91. The molecule has 0 bridgehead atoms. The molecule has 4 aliphatic heterocycles. The van der Waals surface area contributed by atoms with Gasteiger partial charge < -0.3 is 48.4 Å². The van der Waals surface area contributed by atoms with E-state index in [4.69, 9.17) is 18.6 Å². The molecule has 7 rings (SSSR count). The number of oxazole rings is 1. The Balaban J connectivity index is 0.903. The number of carbonyl (C=O) groups is 4. The predicted octanol–water partition coefficient (Wildman–Crippen LogP) is 4.89. The minimum atomic E-state index is -1.06. The van der Waals surface area contributed by atoms with Crippen molar-refractivity contribution in [2.75, 3.05) is 98.1 Å². The van der Waals surface area contributed by atoms with E-state index in [0.717, 1.165) is 87.1 Å². The molecule has 4 amide bonds. The smallest absolute Gasteiger partial charge is 0.419 e. The first-order valence-electron chi connectivity index (χ1n) is 23.0. The molecule has 3 aromatic rings. The van der Waals surface area contributed by atoms with Crippen LogP contribution in [0, 0.1) is 18.8 Å². The monoisotopic (exact) mass is 874 g/mol. The van der Waals surface area contributed by atoms with E-state index >= 15 is 0 Å². The number of benzene rings is 2. The third-order valence-corrected chi connectivity index (χ3v) is 13.8. The average Bonchev–Trinajstić information content (AvgIpc) is 3.47. The molecule has 3 saturated heterocycles. The number of likely N-dealkylation sites (N-methyl/N-ethyl adjacent to an activating group) is 1. The third kappa shape index (κ3) is 11.8. The van der Waals surface area contributed by atoms with Crippen molar-refractivity contribution in [3.05, 3.63) is 63.6 Å². The molecule has 0 aliphatic carbocycles. The molecular formula is C47H67N7O9. The van der Waals surface area contributed by atoms with E-state index in [1.54, 1.807) is 25.1 Å². The number of aryl methyl sites for hydroxylation is 2. The van der Waals surface area contributed by atoms with E-state index in [1.165, 1.54) is 4.57 Å². The van der Waals surface area contributed by atoms with Gasteiger partial charge in [-0.2, -0.15) is 0 Å². The molecule has 0 unspecified atom stereocenters. The predicted molar refractivity (Wildman–Crippen MR) is 239 cm³/mol. The van der Waals surface area contributed by atoms with Crippen molar-refractivity contribution in [3.8, 4) is 0 Å². The number of likely N-dealkylation sites (tertiary alicyclic amines) is 3. The SMILES string of the molecule is COCCN(C)CCCOC(=O)CCN1CCC(C2CCN(C(=O)[C@@H](Cc3cc(C)c4c(c3)oc(=O)n4C)OC(=O)N3CCC(N4CCc5ccccc5NC4=O)CC3)CC2)CC1. The highest BCUT2D eigenvalue weighted by molar-refractivity contribution is 5.91. The van der Waals surface area contributed by atoms with Crippen molar-refractivity contribution in [1.29, 1.82) is 0 Å². The van der Waals surface area contributed by atoms with Gasteiger partial charge in [0.1, 0.15) is 0 Å². The molecule has 16 heteroatoms. The number of carbonyl (C=O) groups excluding carboxylic acids is 4. The summed E-state index contributed by atoms with van der Waals surface area (Å²) in [5, 5.41) is 3.05. The highest BCUT2D eigenvalue weighted by atomic mass is 16.6. The van der Waals surface area contributed by atoms with Crippen molar-refractivity contribution in [3.63, 3.8) is 0 Å². The number of nitrogens with one attached hydrogen (secondary N) is 1. The maximum atomic E-state index is 14.4. The summed E-state index contributed by atoms with van der Waals surface area (Å²) in [6.07, 6.45) is 5.59. The molecule has 1 atom stereocenters. The first-order chi connectivity index (χ1) is 30.5. The van der Waals surface area contributed by atoms with Gasteiger partial charge in [-0.15, -0.1) is 0 Å². The second-order valence-electron chi connectivity index (χ2n) is 18.0. The van der Waals surface area contributed by atoms with Crippen LogP contribution in [0.3, 0.4) is 0 Å². The van der Waals surface area contributed by atoms with Crippen LogP contribution in [0.5, 0.6) is 0 Å². The Morgan fingerprint density at radius 2 is 1.59 bits per heavy atom. The zero-order valence-electron chi connectivity index (χ0n) is 37.7. The number of piperidine rings is 3. The van der Waals surface area contributed by atoms with Crippen LogP contribution < -0.4 is 11.1 Å². The van der Waals surface area contributed by atoms with Crippen LogP contribution in [-0.4, -0.2) is 158 Å². The first-order valence-corrected chi connectivity index (χ1v) is 23.0. The zero-order chi connectivity index (χ0) is 44.5. The average molecular weight is 874 g/mol. The summed E-state index contributed by atoms with van der Waals surface area (Å²) in [5.74, 6) is 0.229. The van der Waals surface area contributed by atoms with Gasteiger partial charge in [-0.1, -0.05) is 24.3 Å². The molecule has 0 radical (unpaired) electrons. The number of nitrogens with zero attached hydrogens (tertiary/aromatic N) is 6. The van der Waals surface area contributed by atoms with Gasteiger partial charge in [-0.05, 0) is 119 Å². The number of aromatic nitrogens is 1. The Hall–Kier alpha value is -4.93. The normalized spacial score (nSPS) is 18.9. The van der Waals surface area contributed by atoms with Crippen molar-refractivity contribution < 1.29 is 37.8 Å². The van der Waals surface area contributed by atoms with Crippen molar-refractivity contribution in [2.45, 2.75) is 83.3 Å². The van der Waals surface area contributed by atoms with Crippen LogP contribution in [0.2, 0.25) is 0 Å². The van der Waals surface area contributed by atoms with Gasteiger partial charge in [0.05, 0.1) is 25.2 Å². The lowest BCUT2D eigenvalue weighted by atomic mass is 9.78. The maximum Gasteiger partial charge on any atom is 0.419 e. The number of ether oxygens (including phenoxy) is 3. The van der Waals surface area contributed by atoms with E-state index < -0.39 is 18.0 Å². The lowest BCUT2D eigenvalue weighted by Crippen LogP contribution is -2.52. The van der Waals surface area contributed by atoms with Gasteiger partial charge in [-0.3, -0.25) is 14.2 Å². The Morgan fingerprint density at radius 1 is 0.889 bits per heavy atom. The van der Waals surface area contributed by atoms with Crippen LogP contribution >= 0.6 is 0 Å². The quantitative estimate of drug-likeness (QED) is 0.154. The fourth-order valence-corrected chi connectivity index (χ4v) is 10.0. The molecule has 0 saturated carbocycles. The van der Waals surface area contributed by atoms with E-state index in [2.05, 4.69) is 15.1 Å². The number of para-hydroxylation sites is 1. The zero-order valence-corrected chi connectivity index (χ0v) is 37.7. The molecule has 0 spiro atoms. The summed E-state index contributed by atoms with van der Waals surface area (Å²) >= 11 is 0.